The highest BCUT2D eigenvalue weighted by Crippen LogP contribution is 2.22. The predicted molar refractivity (Wildman–Crippen MR) is 76.3 cm³/mol. The van der Waals surface area contributed by atoms with Crippen molar-refractivity contribution in [3.05, 3.63) is 72.9 Å². The molecule has 0 atom stereocenters. The zero-order chi connectivity index (χ0) is 13.1. The number of hydrogen-bond acceptors (Lipinski definition) is 1. The SMILES string of the molecule is C[n+]1cc(-c2ccccc2)cc(-c2ccccc2)n1. The maximum absolute atomic E-state index is 4.55. The smallest absolute Gasteiger partial charge is 0.0928 e. The molecule has 92 valence electrons. The highest BCUT2D eigenvalue weighted by Gasteiger charge is 2.09. The molecular weight excluding hydrogens is 232 g/mol. The molecule has 0 spiro atoms. The van der Waals surface area contributed by atoms with Crippen molar-refractivity contribution < 1.29 is 4.68 Å². The Balaban J connectivity index is 2.12. The molecule has 0 saturated heterocycles. The molecule has 0 aliphatic rings. The summed E-state index contributed by atoms with van der Waals surface area (Å²) in [5, 5.41) is 4.55. The molecule has 2 aromatic carbocycles. The molecule has 0 fully saturated rings. The predicted octanol–water partition coefficient (Wildman–Crippen LogP) is 3.24. The van der Waals surface area contributed by atoms with Crippen LogP contribution in [0.15, 0.2) is 72.9 Å². The molecular formula is C17H15N2+. The molecule has 3 rings (SSSR count). The Bertz CT molecular complexity index is 618. The number of hydrogen-bond donors (Lipinski definition) is 0. The van der Waals surface area contributed by atoms with E-state index >= 15 is 0 Å². The summed E-state index contributed by atoms with van der Waals surface area (Å²) in [6.07, 6.45) is 2.04. The van der Waals surface area contributed by atoms with Gasteiger partial charge in [0.25, 0.3) is 0 Å². The highest BCUT2D eigenvalue weighted by molar-refractivity contribution is 5.68. The van der Waals surface area contributed by atoms with Crippen LogP contribution in [0.25, 0.3) is 22.4 Å². The average molecular weight is 247 g/mol. The van der Waals surface area contributed by atoms with Crippen LogP contribution in [-0.4, -0.2) is 5.10 Å². The second-order valence-corrected chi connectivity index (χ2v) is 4.52. The zero-order valence-electron chi connectivity index (χ0n) is 10.8. The number of aromatic nitrogens is 2. The monoisotopic (exact) mass is 247 g/mol. The molecule has 0 radical (unpaired) electrons. The van der Waals surface area contributed by atoms with E-state index in [9.17, 15) is 0 Å². The van der Waals surface area contributed by atoms with Crippen LogP contribution in [-0.2, 0) is 7.05 Å². The molecule has 0 unspecified atom stereocenters. The fourth-order valence-electron chi connectivity index (χ4n) is 2.15. The number of aryl methyl sites for hydroxylation is 1. The van der Waals surface area contributed by atoms with Gasteiger partial charge in [-0.25, -0.2) is 0 Å². The van der Waals surface area contributed by atoms with Crippen molar-refractivity contribution in [1.82, 2.24) is 5.10 Å². The zero-order valence-corrected chi connectivity index (χ0v) is 10.8. The van der Waals surface area contributed by atoms with Gasteiger partial charge in [0, 0.05) is 5.56 Å². The first-order chi connectivity index (χ1) is 9.33. The largest absolute Gasteiger partial charge is 0.203 e. The Morgan fingerprint density at radius 1 is 0.737 bits per heavy atom. The normalized spacial score (nSPS) is 10.4. The van der Waals surface area contributed by atoms with E-state index in [0.29, 0.717) is 0 Å². The topological polar surface area (TPSA) is 16.8 Å². The minimum atomic E-state index is 0.990. The third kappa shape index (κ3) is 2.52. The lowest BCUT2D eigenvalue weighted by Gasteiger charge is -2.02. The van der Waals surface area contributed by atoms with Gasteiger partial charge in [-0.3, -0.25) is 0 Å². The first kappa shape index (κ1) is 11.6. The molecule has 0 aliphatic heterocycles. The third-order valence-electron chi connectivity index (χ3n) is 3.06. The minimum Gasteiger partial charge on any atom is -0.0928 e. The molecule has 0 saturated carbocycles. The average Bonchev–Trinajstić information content (AvgIpc) is 2.48. The van der Waals surface area contributed by atoms with Gasteiger partial charge in [-0.2, -0.15) is 0 Å². The fraction of sp³-hybridized carbons (Fsp3) is 0.0588. The van der Waals surface area contributed by atoms with Crippen LogP contribution >= 0.6 is 0 Å². The van der Waals surface area contributed by atoms with E-state index in [1.54, 1.807) is 0 Å². The molecule has 3 aromatic rings. The second-order valence-electron chi connectivity index (χ2n) is 4.52. The number of benzene rings is 2. The molecule has 0 N–H and O–H groups in total. The van der Waals surface area contributed by atoms with Crippen LogP contribution in [0.4, 0.5) is 0 Å². The number of rotatable bonds is 2. The van der Waals surface area contributed by atoms with Gasteiger partial charge in [-0.05, 0) is 16.7 Å². The number of nitrogens with zero attached hydrogens (tertiary/aromatic N) is 2. The Kier molecular flexibility index (Phi) is 3.07. The molecule has 0 bridgehead atoms. The van der Waals surface area contributed by atoms with E-state index < -0.39 is 0 Å². The van der Waals surface area contributed by atoms with E-state index in [1.165, 1.54) is 11.1 Å². The van der Waals surface area contributed by atoms with Crippen LogP contribution in [0.3, 0.4) is 0 Å². The summed E-state index contributed by atoms with van der Waals surface area (Å²) >= 11 is 0. The van der Waals surface area contributed by atoms with E-state index in [-0.39, 0.29) is 0 Å². The first-order valence-corrected chi connectivity index (χ1v) is 6.32. The van der Waals surface area contributed by atoms with E-state index in [4.69, 9.17) is 0 Å². The quantitative estimate of drug-likeness (QED) is 0.635. The van der Waals surface area contributed by atoms with Crippen molar-refractivity contribution in [2.75, 3.05) is 0 Å². The van der Waals surface area contributed by atoms with Crippen molar-refractivity contribution >= 4 is 0 Å². The fourth-order valence-corrected chi connectivity index (χ4v) is 2.15. The Morgan fingerprint density at radius 2 is 1.32 bits per heavy atom. The molecule has 19 heavy (non-hydrogen) atoms. The highest BCUT2D eigenvalue weighted by atomic mass is 15.2. The van der Waals surface area contributed by atoms with Crippen molar-refractivity contribution in [2.45, 2.75) is 0 Å². The van der Waals surface area contributed by atoms with Gasteiger partial charge < -0.3 is 0 Å². The van der Waals surface area contributed by atoms with E-state index in [2.05, 4.69) is 47.6 Å². The van der Waals surface area contributed by atoms with Crippen molar-refractivity contribution in [2.24, 2.45) is 7.05 Å². The molecule has 2 heteroatoms. The van der Waals surface area contributed by atoms with Gasteiger partial charge in [0.2, 0.25) is 6.20 Å². The molecule has 2 nitrogen and oxygen atoms in total. The Labute approximate surface area is 113 Å². The summed E-state index contributed by atoms with van der Waals surface area (Å²) in [7, 11) is 1.96. The first-order valence-electron chi connectivity index (χ1n) is 6.32. The maximum Gasteiger partial charge on any atom is 0.203 e. The summed E-state index contributed by atoms with van der Waals surface area (Å²) in [6.45, 7) is 0. The summed E-state index contributed by atoms with van der Waals surface area (Å²) in [5.74, 6) is 0. The molecule has 0 amide bonds. The second kappa shape index (κ2) is 5.02. The van der Waals surface area contributed by atoms with Crippen molar-refractivity contribution in [1.29, 1.82) is 0 Å². The molecule has 1 aromatic heterocycles. The van der Waals surface area contributed by atoms with E-state index in [0.717, 1.165) is 11.3 Å². The summed E-state index contributed by atoms with van der Waals surface area (Å²) in [4.78, 5) is 0. The minimum absolute atomic E-state index is 0.990. The van der Waals surface area contributed by atoms with Crippen LogP contribution in [0.5, 0.6) is 0 Å². The van der Waals surface area contributed by atoms with Gasteiger partial charge in [0.1, 0.15) is 5.69 Å². The lowest BCUT2D eigenvalue weighted by molar-refractivity contribution is -0.729. The summed E-state index contributed by atoms with van der Waals surface area (Å²) < 4.78 is 1.87. The van der Waals surface area contributed by atoms with Crippen LogP contribution in [0.1, 0.15) is 0 Å². The molecule has 0 aliphatic carbocycles. The van der Waals surface area contributed by atoms with Crippen LogP contribution < -0.4 is 4.68 Å². The van der Waals surface area contributed by atoms with Gasteiger partial charge in [0.15, 0.2) is 7.05 Å². The summed E-state index contributed by atoms with van der Waals surface area (Å²) in [6, 6.07) is 22.7. The molecule has 1 heterocycles. The standard InChI is InChI=1S/C17H15N2/c1-19-13-16(14-8-4-2-5-9-14)12-17(18-19)15-10-6-3-7-11-15/h2-13H,1H3/q+1. The third-order valence-corrected chi connectivity index (χ3v) is 3.06. The Morgan fingerprint density at radius 3 is 1.95 bits per heavy atom. The van der Waals surface area contributed by atoms with Gasteiger partial charge >= 0.3 is 0 Å². The van der Waals surface area contributed by atoms with Gasteiger partial charge in [-0.15, -0.1) is 0 Å². The van der Waals surface area contributed by atoms with Crippen LogP contribution in [0, 0.1) is 0 Å². The maximum atomic E-state index is 4.55. The van der Waals surface area contributed by atoms with Gasteiger partial charge in [0.05, 0.1) is 5.56 Å². The van der Waals surface area contributed by atoms with Crippen molar-refractivity contribution in [3.63, 3.8) is 0 Å². The van der Waals surface area contributed by atoms with Crippen LogP contribution in [0.2, 0.25) is 0 Å². The van der Waals surface area contributed by atoms with Crippen molar-refractivity contribution in [3.8, 4) is 22.4 Å². The summed E-state index contributed by atoms with van der Waals surface area (Å²) in [5.41, 5.74) is 4.51. The van der Waals surface area contributed by atoms with E-state index in [1.807, 2.05) is 42.2 Å². The Hall–Kier alpha value is -2.48. The lowest BCUT2D eigenvalue weighted by Crippen LogP contribution is -2.32. The van der Waals surface area contributed by atoms with Gasteiger partial charge in [-0.1, -0.05) is 65.3 Å². The lowest BCUT2D eigenvalue weighted by atomic mass is 10.1.